The number of aryl methyl sites for hydroxylation is 1. The zero-order valence-corrected chi connectivity index (χ0v) is 17.4. The van der Waals surface area contributed by atoms with Crippen molar-refractivity contribution in [2.24, 2.45) is 0 Å². The molecule has 154 valence electrons. The molecule has 1 aliphatic rings. The molecule has 0 fully saturated rings. The van der Waals surface area contributed by atoms with E-state index in [1.165, 1.54) is 0 Å². The van der Waals surface area contributed by atoms with Gasteiger partial charge in [-0.25, -0.2) is 0 Å². The minimum absolute atomic E-state index is 0.0648. The number of amides is 2. The van der Waals surface area contributed by atoms with E-state index >= 15 is 0 Å². The first-order chi connectivity index (χ1) is 13.9. The van der Waals surface area contributed by atoms with Gasteiger partial charge in [-0.05, 0) is 38.5 Å². The fourth-order valence-electron chi connectivity index (χ4n) is 3.94. The summed E-state index contributed by atoms with van der Waals surface area (Å²) in [5, 5.41) is 14.1. The van der Waals surface area contributed by atoms with Gasteiger partial charge in [0.05, 0.1) is 18.2 Å². The van der Waals surface area contributed by atoms with Gasteiger partial charge in [-0.1, -0.05) is 55.7 Å². The molecule has 2 N–H and O–H groups in total. The maximum absolute atomic E-state index is 13.2. The van der Waals surface area contributed by atoms with Crippen LogP contribution in [0.15, 0.2) is 48.5 Å². The van der Waals surface area contributed by atoms with Crippen LogP contribution >= 0.6 is 0 Å². The monoisotopic (exact) mass is 394 g/mol. The molecule has 2 amide bonds. The van der Waals surface area contributed by atoms with E-state index in [1.54, 1.807) is 17.0 Å². The number of hydrogen-bond donors (Lipinski definition) is 2. The van der Waals surface area contributed by atoms with Crippen LogP contribution in [0.25, 0.3) is 0 Å². The van der Waals surface area contributed by atoms with Gasteiger partial charge in [0.2, 0.25) is 5.91 Å². The highest BCUT2D eigenvalue weighted by Crippen LogP contribution is 2.39. The van der Waals surface area contributed by atoms with E-state index < -0.39 is 18.2 Å². The molecule has 0 aromatic heterocycles. The van der Waals surface area contributed by atoms with Gasteiger partial charge >= 0.3 is 0 Å². The number of nitrogens with zero attached hydrogens (tertiary/aromatic N) is 1. The molecule has 1 heterocycles. The summed E-state index contributed by atoms with van der Waals surface area (Å²) in [7, 11) is 0. The first kappa shape index (κ1) is 21.1. The highest BCUT2D eigenvalue weighted by atomic mass is 16.3. The van der Waals surface area contributed by atoms with Crippen LogP contribution in [0.1, 0.15) is 67.1 Å². The first-order valence-electron chi connectivity index (χ1n) is 10.4. The van der Waals surface area contributed by atoms with Crippen molar-refractivity contribution in [1.82, 2.24) is 5.32 Å². The summed E-state index contributed by atoms with van der Waals surface area (Å²) in [6, 6.07) is 13.9. The number of carbonyl (C=O) groups excluding carboxylic acids is 2. The second-order valence-electron chi connectivity index (χ2n) is 7.84. The molecule has 0 spiro atoms. The predicted octanol–water partition coefficient (Wildman–Crippen LogP) is 4.14. The van der Waals surface area contributed by atoms with Crippen molar-refractivity contribution in [1.29, 1.82) is 0 Å². The average Bonchev–Trinajstić information content (AvgIpc) is 2.72. The van der Waals surface area contributed by atoms with Gasteiger partial charge in [0.25, 0.3) is 5.91 Å². The smallest absolute Gasteiger partial charge is 0.258 e. The highest BCUT2D eigenvalue weighted by molar-refractivity contribution is 6.07. The Balaban J connectivity index is 1.94. The number of benzene rings is 2. The third kappa shape index (κ3) is 4.51. The Morgan fingerprint density at radius 1 is 1.10 bits per heavy atom. The van der Waals surface area contributed by atoms with E-state index in [9.17, 15) is 14.7 Å². The fourth-order valence-corrected chi connectivity index (χ4v) is 3.94. The zero-order chi connectivity index (χ0) is 21.0. The van der Waals surface area contributed by atoms with Crippen LogP contribution in [0, 0.1) is 6.92 Å². The lowest BCUT2D eigenvalue weighted by Gasteiger charge is -2.43. The Morgan fingerprint density at radius 3 is 2.52 bits per heavy atom. The summed E-state index contributed by atoms with van der Waals surface area (Å²) in [5.74, 6) is -0.222. The van der Waals surface area contributed by atoms with Crippen molar-refractivity contribution in [3.05, 3.63) is 65.2 Å². The summed E-state index contributed by atoms with van der Waals surface area (Å²) in [6.07, 6.45) is 2.44. The van der Waals surface area contributed by atoms with Gasteiger partial charge in [0.1, 0.15) is 0 Å². The summed E-state index contributed by atoms with van der Waals surface area (Å²) in [4.78, 5) is 27.3. The quantitative estimate of drug-likeness (QED) is 0.724. The molecule has 0 radical (unpaired) electrons. The van der Waals surface area contributed by atoms with Crippen molar-refractivity contribution in [3.63, 3.8) is 0 Å². The van der Waals surface area contributed by atoms with Gasteiger partial charge in [-0.2, -0.15) is 0 Å². The number of rotatable bonds is 6. The van der Waals surface area contributed by atoms with Crippen LogP contribution in [0.5, 0.6) is 0 Å². The van der Waals surface area contributed by atoms with Crippen molar-refractivity contribution in [2.45, 2.75) is 64.6 Å². The maximum Gasteiger partial charge on any atom is 0.258 e. The van der Waals surface area contributed by atoms with Crippen LogP contribution < -0.4 is 10.2 Å². The predicted molar refractivity (Wildman–Crippen MR) is 115 cm³/mol. The Morgan fingerprint density at radius 2 is 1.83 bits per heavy atom. The molecule has 2 aromatic rings. The summed E-state index contributed by atoms with van der Waals surface area (Å²) < 4.78 is 0. The molecule has 2 aromatic carbocycles. The second kappa shape index (κ2) is 9.23. The highest BCUT2D eigenvalue weighted by Gasteiger charge is 2.41. The number of hydrogen-bond acceptors (Lipinski definition) is 3. The molecule has 0 saturated carbocycles. The van der Waals surface area contributed by atoms with Crippen LogP contribution in [0.4, 0.5) is 5.69 Å². The molecule has 5 nitrogen and oxygen atoms in total. The van der Waals surface area contributed by atoms with Gasteiger partial charge in [0, 0.05) is 23.2 Å². The summed E-state index contributed by atoms with van der Waals surface area (Å²) >= 11 is 0. The number of carbonyl (C=O) groups is 2. The van der Waals surface area contributed by atoms with E-state index in [1.807, 2.05) is 50.2 Å². The topological polar surface area (TPSA) is 69.6 Å². The number of nitrogens with one attached hydrogen (secondary N) is 1. The zero-order valence-electron chi connectivity index (χ0n) is 17.4. The van der Waals surface area contributed by atoms with Crippen LogP contribution in [0.2, 0.25) is 0 Å². The van der Waals surface area contributed by atoms with E-state index in [0.29, 0.717) is 12.0 Å². The van der Waals surface area contributed by atoms with Crippen LogP contribution in [0.3, 0.4) is 0 Å². The minimum Gasteiger partial charge on any atom is -0.388 e. The fraction of sp³-hybridized carbons (Fsp3) is 0.417. The largest absolute Gasteiger partial charge is 0.388 e. The Labute approximate surface area is 172 Å². The third-order valence-corrected chi connectivity index (χ3v) is 5.58. The normalized spacial score (nSPS) is 20.8. The first-order valence-corrected chi connectivity index (χ1v) is 10.4. The Hall–Kier alpha value is -2.66. The maximum atomic E-state index is 13.2. The molecule has 0 aliphatic carbocycles. The number of aliphatic hydroxyl groups excluding tert-OH is 1. The third-order valence-electron chi connectivity index (χ3n) is 5.58. The lowest BCUT2D eigenvalue weighted by molar-refractivity contribution is -0.123. The van der Waals surface area contributed by atoms with E-state index in [4.69, 9.17) is 0 Å². The number of unbranched alkanes of at least 4 members (excludes halogenated alkanes) is 2. The van der Waals surface area contributed by atoms with Gasteiger partial charge in [-0.3, -0.25) is 9.59 Å². The van der Waals surface area contributed by atoms with Crippen molar-refractivity contribution >= 4 is 17.5 Å². The van der Waals surface area contributed by atoms with Crippen molar-refractivity contribution in [2.75, 3.05) is 4.90 Å². The van der Waals surface area contributed by atoms with Crippen molar-refractivity contribution in [3.8, 4) is 0 Å². The van der Waals surface area contributed by atoms with E-state index in [-0.39, 0.29) is 11.8 Å². The molecular weight excluding hydrogens is 364 g/mol. The molecule has 0 unspecified atom stereocenters. The molecule has 1 aliphatic heterocycles. The van der Waals surface area contributed by atoms with E-state index in [0.717, 1.165) is 36.1 Å². The lowest BCUT2D eigenvalue weighted by Crippen LogP contribution is -2.55. The van der Waals surface area contributed by atoms with Gasteiger partial charge < -0.3 is 15.3 Å². The van der Waals surface area contributed by atoms with Crippen LogP contribution in [-0.2, 0) is 4.79 Å². The minimum atomic E-state index is -0.896. The summed E-state index contributed by atoms with van der Waals surface area (Å²) in [6.45, 7) is 5.89. The summed E-state index contributed by atoms with van der Waals surface area (Å²) in [5.41, 5.74) is 3.10. The molecule has 29 heavy (non-hydrogen) atoms. The number of anilines is 1. The SMILES string of the molecule is CCCCCC(=O)N[C@@H]1c2cc(C)ccc2N(C(=O)c2ccccc2)[C@@H](C)[C@H]1O. The molecule has 5 heteroatoms. The number of aliphatic hydroxyl groups is 1. The van der Waals surface area contributed by atoms with Crippen LogP contribution in [-0.4, -0.2) is 29.1 Å². The molecular formula is C24H30N2O3. The molecule has 0 saturated heterocycles. The van der Waals surface area contributed by atoms with Gasteiger partial charge in [-0.15, -0.1) is 0 Å². The van der Waals surface area contributed by atoms with E-state index in [2.05, 4.69) is 12.2 Å². The second-order valence-corrected chi connectivity index (χ2v) is 7.84. The molecule has 3 atom stereocenters. The standard InChI is InChI=1S/C24H30N2O3/c1-4-5-7-12-21(27)25-22-19-15-16(2)13-14-20(19)26(17(3)23(22)28)24(29)18-10-8-6-9-11-18/h6,8-11,13-15,17,22-23,28H,4-5,7,12H2,1-3H3,(H,25,27)/t17-,22+,23+/m0/s1. The molecule has 3 rings (SSSR count). The lowest BCUT2D eigenvalue weighted by atomic mass is 9.87. The van der Waals surface area contributed by atoms with Crippen molar-refractivity contribution < 1.29 is 14.7 Å². The Kier molecular flexibility index (Phi) is 6.70. The molecule has 0 bridgehead atoms. The number of fused-ring (bicyclic) bond motifs is 1. The van der Waals surface area contributed by atoms with Gasteiger partial charge in [0.15, 0.2) is 0 Å². The average molecular weight is 395 g/mol. The Bertz CT molecular complexity index is 866.